The summed E-state index contributed by atoms with van der Waals surface area (Å²) >= 11 is 1.83. The summed E-state index contributed by atoms with van der Waals surface area (Å²) in [4.78, 5) is 24.7. The van der Waals surface area contributed by atoms with Gasteiger partial charge in [0, 0.05) is 13.1 Å². The van der Waals surface area contributed by atoms with Crippen LogP contribution in [-0.2, 0) is 14.3 Å². The van der Waals surface area contributed by atoms with Crippen LogP contribution in [0.15, 0.2) is 0 Å². The van der Waals surface area contributed by atoms with Gasteiger partial charge in [-0.05, 0) is 6.92 Å². The van der Waals surface area contributed by atoms with E-state index in [1.54, 1.807) is 6.92 Å². The highest BCUT2D eigenvalue weighted by molar-refractivity contribution is 14.1. The molecule has 0 spiro atoms. The van der Waals surface area contributed by atoms with Crippen LogP contribution in [0, 0.1) is 0 Å². The molecule has 1 atom stereocenters. The van der Waals surface area contributed by atoms with Crippen LogP contribution >= 0.6 is 22.9 Å². The average Bonchev–Trinajstić information content (AvgIpc) is 2.28. The molecule has 0 saturated carbocycles. The van der Waals surface area contributed by atoms with Crippen LogP contribution in [0.4, 0.5) is 0 Å². The third-order valence-electron chi connectivity index (χ3n) is 2.45. The van der Waals surface area contributed by atoms with E-state index in [0.29, 0.717) is 19.8 Å². The van der Waals surface area contributed by atoms with Gasteiger partial charge >= 0.3 is 0 Å². The average molecular weight is 341 g/mol. The fourth-order valence-corrected chi connectivity index (χ4v) is 1.77. The monoisotopic (exact) mass is 341 g/mol. The number of ether oxygens (including phenoxy) is 1. The summed E-state index contributed by atoms with van der Waals surface area (Å²) < 4.78 is 6.54. The third kappa shape index (κ3) is 3.87. The molecule has 0 unspecified atom stereocenters. The lowest BCUT2D eigenvalue weighted by molar-refractivity contribution is -0.133. The number of carbonyl (C=O) groups is 2. The van der Waals surface area contributed by atoms with Crippen molar-refractivity contribution in [3.63, 3.8) is 0 Å². The highest BCUT2D eigenvalue weighted by atomic mass is 127. The molecule has 0 aromatic rings. The Morgan fingerprint density at radius 2 is 2.06 bits per heavy atom. The largest absolute Gasteiger partial charge is 0.379 e. The molecule has 1 rings (SSSR count). The smallest absolute Gasteiger partial charge is 0.246 e. The molecule has 0 bridgehead atoms. The number of nitrogens with zero attached hydrogens (tertiary/aromatic N) is 2. The van der Waals surface area contributed by atoms with Crippen molar-refractivity contribution in [2.24, 2.45) is 5.73 Å². The lowest BCUT2D eigenvalue weighted by Gasteiger charge is -2.28. The minimum Gasteiger partial charge on any atom is -0.379 e. The van der Waals surface area contributed by atoms with Gasteiger partial charge in [0.05, 0.1) is 42.6 Å². The fourth-order valence-electron chi connectivity index (χ4n) is 1.35. The summed E-state index contributed by atoms with van der Waals surface area (Å²) in [5, 5.41) is 0. The van der Waals surface area contributed by atoms with Crippen molar-refractivity contribution >= 4 is 34.7 Å². The first-order valence-electron chi connectivity index (χ1n) is 5.09. The lowest BCUT2D eigenvalue weighted by Crippen LogP contribution is -2.46. The number of halogens is 1. The second-order valence-corrected chi connectivity index (χ2v) is 4.71. The minimum absolute atomic E-state index is 0.103. The number of carbonyl (C=O) groups excluding carboxylic acids is 2. The van der Waals surface area contributed by atoms with Crippen molar-refractivity contribution in [3.05, 3.63) is 0 Å². The van der Waals surface area contributed by atoms with Crippen LogP contribution in [0.1, 0.15) is 6.92 Å². The van der Waals surface area contributed by atoms with Gasteiger partial charge in [0.2, 0.25) is 11.8 Å². The Morgan fingerprint density at radius 1 is 1.50 bits per heavy atom. The van der Waals surface area contributed by atoms with Crippen molar-refractivity contribution in [2.75, 3.05) is 32.8 Å². The first kappa shape index (κ1) is 13.7. The van der Waals surface area contributed by atoms with Crippen LogP contribution in [0.2, 0.25) is 0 Å². The van der Waals surface area contributed by atoms with Gasteiger partial charge in [-0.2, -0.15) is 0 Å². The maximum Gasteiger partial charge on any atom is 0.246 e. The Kier molecular flexibility index (Phi) is 5.42. The van der Waals surface area contributed by atoms with Gasteiger partial charge in [0.25, 0.3) is 0 Å². The second kappa shape index (κ2) is 6.36. The van der Waals surface area contributed by atoms with Gasteiger partial charge in [0.15, 0.2) is 0 Å². The van der Waals surface area contributed by atoms with Gasteiger partial charge in [-0.1, -0.05) is 0 Å². The van der Waals surface area contributed by atoms with Gasteiger partial charge in [-0.15, -0.1) is 0 Å². The molecular weight excluding hydrogens is 325 g/mol. The summed E-state index contributed by atoms with van der Waals surface area (Å²) in [5.41, 5.74) is 5.14. The number of hydrogen-bond donors (Lipinski definition) is 1. The van der Waals surface area contributed by atoms with Gasteiger partial charge in [0.1, 0.15) is 6.04 Å². The Bertz CT molecular complexity index is 269. The standard InChI is InChI=1S/C9H16IN3O3/c1-7(9(11)15)13(10)8(14)6-12-2-4-16-5-3-12/h7H,2-6H2,1H3,(H2,11,15)/t7-/m0/s1. The van der Waals surface area contributed by atoms with Crippen molar-refractivity contribution in [3.8, 4) is 0 Å². The number of hydrogen-bond acceptors (Lipinski definition) is 4. The summed E-state index contributed by atoms with van der Waals surface area (Å²) in [6.45, 7) is 4.73. The van der Waals surface area contributed by atoms with E-state index in [-0.39, 0.29) is 5.91 Å². The van der Waals surface area contributed by atoms with Crippen molar-refractivity contribution < 1.29 is 14.3 Å². The second-order valence-electron chi connectivity index (χ2n) is 3.67. The van der Waals surface area contributed by atoms with Crippen molar-refractivity contribution in [1.82, 2.24) is 8.01 Å². The third-order valence-corrected chi connectivity index (χ3v) is 3.83. The zero-order chi connectivity index (χ0) is 12.1. The number of nitrogens with two attached hydrogens (primary N) is 1. The van der Waals surface area contributed by atoms with Crippen molar-refractivity contribution in [1.29, 1.82) is 0 Å². The molecule has 0 aliphatic carbocycles. The Hall–Kier alpha value is -0.410. The number of morpholine rings is 1. The van der Waals surface area contributed by atoms with Crippen LogP contribution < -0.4 is 5.73 Å². The highest BCUT2D eigenvalue weighted by Crippen LogP contribution is 2.08. The van der Waals surface area contributed by atoms with E-state index in [0.717, 1.165) is 13.1 Å². The highest BCUT2D eigenvalue weighted by Gasteiger charge is 2.24. The summed E-state index contributed by atoms with van der Waals surface area (Å²) in [6, 6.07) is -0.575. The summed E-state index contributed by atoms with van der Waals surface area (Å²) in [5.74, 6) is -0.599. The first-order chi connectivity index (χ1) is 7.52. The van der Waals surface area contributed by atoms with Gasteiger partial charge in [-0.3, -0.25) is 17.6 Å². The molecule has 1 aliphatic heterocycles. The molecule has 2 amide bonds. The van der Waals surface area contributed by atoms with Crippen LogP contribution in [0.25, 0.3) is 0 Å². The molecule has 92 valence electrons. The molecule has 1 heterocycles. The SMILES string of the molecule is C[C@@H](C(N)=O)N(I)C(=O)CN1CCOCC1. The van der Waals surface area contributed by atoms with Crippen LogP contribution in [0.5, 0.6) is 0 Å². The number of primary amides is 1. The molecule has 2 N–H and O–H groups in total. The lowest BCUT2D eigenvalue weighted by atomic mass is 10.3. The molecule has 1 saturated heterocycles. The topological polar surface area (TPSA) is 75.9 Å². The molecule has 0 aromatic heterocycles. The molecule has 0 aromatic carbocycles. The zero-order valence-electron chi connectivity index (χ0n) is 9.19. The zero-order valence-corrected chi connectivity index (χ0v) is 11.3. The van der Waals surface area contributed by atoms with Crippen LogP contribution in [-0.4, -0.2) is 58.7 Å². The Balaban J connectivity index is 2.41. The number of amides is 2. The predicted molar refractivity (Wildman–Crippen MR) is 66.8 cm³/mol. The molecular formula is C9H16IN3O3. The van der Waals surface area contributed by atoms with E-state index in [1.165, 1.54) is 3.11 Å². The van der Waals surface area contributed by atoms with Gasteiger partial charge < -0.3 is 10.5 Å². The van der Waals surface area contributed by atoms with Crippen molar-refractivity contribution in [2.45, 2.75) is 13.0 Å². The Labute approximate surface area is 109 Å². The quantitative estimate of drug-likeness (QED) is 0.546. The maximum absolute atomic E-state index is 11.8. The molecule has 6 nitrogen and oxygen atoms in total. The first-order valence-corrected chi connectivity index (χ1v) is 6.06. The maximum atomic E-state index is 11.8. The molecule has 16 heavy (non-hydrogen) atoms. The Morgan fingerprint density at radius 3 is 2.56 bits per heavy atom. The van der Waals surface area contributed by atoms with E-state index in [4.69, 9.17) is 10.5 Å². The normalized spacial score (nSPS) is 19.1. The predicted octanol–water partition coefficient (Wildman–Crippen LogP) is -0.629. The van der Waals surface area contributed by atoms with E-state index in [1.807, 2.05) is 27.8 Å². The summed E-state index contributed by atoms with van der Waals surface area (Å²) in [6.07, 6.45) is 0. The molecule has 7 heteroatoms. The molecule has 1 fully saturated rings. The number of rotatable bonds is 4. The van der Waals surface area contributed by atoms with Gasteiger partial charge in [-0.25, -0.2) is 0 Å². The fraction of sp³-hybridized carbons (Fsp3) is 0.778. The van der Waals surface area contributed by atoms with Crippen LogP contribution in [0.3, 0.4) is 0 Å². The van der Waals surface area contributed by atoms with E-state index in [2.05, 4.69) is 0 Å². The minimum atomic E-state index is -0.575. The summed E-state index contributed by atoms with van der Waals surface area (Å²) in [7, 11) is 0. The molecule has 1 aliphatic rings. The molecule has 0 radical (unpaired) electrons. The van der Waals surface area contributed by atoms with E-state index < -0.39 is 11.9 Å². The van der Waals surface area contributed by atoms with E-state index in [9.17, 15) is 9.59 Å². The van der Waals surface area contributed by atoms with E-state index >= 15 is 0 Å².